The van der Waals surface area contributed by atoms with Gasteiger partial charge < -0.3 is 5.32 Å². The summed E-state index contributed by atoms with van der Waals surface area (Å²) in [5, 5.41) is 12.3. The third kappa shape index (κ3) is 2.53. The van der Waals surface area contributed by atoms with Gasteiger partial charge in [0, 0.05) is 35.1 Å². The summed E-state index contributed by atoms with van der Waals surface area (Å²) in [5.74, 6) is 1.06. The number of hydrogen-bond acceptors (Lipinski definition) is 4. The van der Waals surface area contributed by atoms with Crippen LogP contribution in [0.1, 0.15) is 37.8 Å². The van der Waals surface area contributed by atoms with Crippen LogP contribution in [0.2, 0.25) is 0 Å². The van der Waals surface area contributed by atoms with E-state index in [0.717, 1.165) is 39.3 Å². The van der Waals surface area contributed by atoms with Crippen LogP contribution in [0.15, 0.2) is 36.8 Å². The van der Waals surface area contributed by atoms with Gasteiger partial charge >= 0.3 is 0 Å². The van der Waals surface area contributed by atoms with Crippen molar-refractivity contribution in [2.24, 2.45) is 0 Å². The number of nitrogens with zero attached hydrogens (tertiary/aromatic N) is 4. The van der Waals surface area contributed by atoms with E-state index in [1.807, 2.05) is 25.5 Å². The number of fused-ring (bicyclic) bond motifs is 2. The molecule has 1 saturated carbocycles. The summed E-state index contributed by atoms with van der Waals surface area (Å²) in [6.07, 6.45) is 12.0. The van der Waals surface area contributed by atoms with Crippen LogP contribution >= 0.6 is 0 Å². The second-order valence-electron chi connectivity index (χ2n) is 7.17. The van der Waals surface area contributed by atoms with Crippen molar-refractivity contribution < 1.29 is 0 Å². The quantitative estimate of drug-likeness (QED) is 0.579. The number of rotatable bonds is 3. The fourth-order valence-electron chi connectivity index (χ4n) is 3.97. The molecule has 3 heterocycles. The van der Waals surface area contributed by atoms with E-state index in [1.54, 1.807) is 0 Å². The maximum Gasteiger partial charge on any atom is 0.157 e. The maximum absolute atomic E-state index is 4.88. The van der Waals surface area contributed by atoms with E-state index in [1.165, 1.54) is 32.1 Å². The Labute approximate surface area is 151 Å². The minimum Gasteiger partial charge on any atom is -0.367 e. The highest BCUT2D eigenvalue weighted by Crippen LogP contribution is 2.33. The molecule has 1 aromatic carbocycles. The van der Waals surface area contributed by atoms with E-state index in [0.29, 0.717) is 6.04 Å². The van der Waals surface area contributed by atoms with Gasteiger partial charge in [-0.3, -0.25) is 14.5 Å². The van der Waals surface area contributed by atoms with Crippen molar-refractivity contribution in [1.82, 2.24) is 24.6 Å². The Morgan fingerprint density at radius 3 is 2.96 bits per heavy atom. The van der Waals surface area contributed by atoms with Gasteiger partial charge in [0.25, 0.3) is 0 Å². The van der Waals surface area contributed by atoms with Crippen molar-refractivity contribution in [2.45, 2.75) is 45.1 Å². The van der Waals surface area contributed by atoms with Crippen molar-refractivity contribution in [2.75, 3.05) is 5.32 Å². The number of nitrogens with one attached hydrogen (secondary N) is 2. The first-order chi connectivity index (χ1) is 12.8. The first-order valence-corrected chi connectivity index (χ1v) is 9.33. The zero-order valence-corrected chi connectivity index (χ0v) is 14.9. The fraction of sp³-hybridized carbons (Fsp3) is 0.350. The zero-order chi connectivity index (χ0) is 17.5. The largest absolute Gasteiger partial charge is 0.367 e. The van der Waals surface area contributed by atoms with Crippen LogP contribution in [0, 0.1) is 6.92 Å². The average molecular weight is 346 g/mol. The Morgan fingerprint density at radius 2 is 2.08 bits per heavy atom. The van der Waals surface area contributed by atoms with E-state index in [2.05, 4.69) is 43.1 Å². The fourth-order valence-corrected chi connectivity index (χ4v) is 3.97. The highest BCUT2D eigenvalue weighted by molar-refractivity contribution is 5.88. The molecule has 1 aliphatic rings. The summed E-state index contributed by atoms with van der Waals surface area (Å²) in [6, 6.07) is 6.84. The molecule has 0 radical (unpaired) electrons. The number of benzene rings is 1. The minimum absolute atomic E-state index is 0.509. The zero-order valence-electron chi connectivity index (χ0n) is 14.9. The van der Waals surface area contributed by atoms with Crippen molar-refractivity contribution in [3.8, 4) is 11.3 Å². The van der Waals surface area contributed by atoms with E-state index in [9.17, 15) is 0 Å². The van der Waals surface area contributed by atoms with Crippen LogP contribution in [0.25, 0.3) is 27.8 Å². The Balaban J connectivity index is 1.65. The van der Waals surface area contributed by atoms with Crippen molar-refractivity contribution in [1.29, 1.82) is 0 Å². The molecule has 0 bridgehead atoms. The van der Waals surface area contributed by atoms with Gasteiger partial charge in [-0.1, -0.05) is 25.3 Å². The van der Waals surface area contributed by atoms with E-state index < -0.39 is 0 Å². The summed E-state index contributed by atoms with van der Waals surface area (Å²) in [7, 11) is 0. The molecule has 1 aliphatic carbocycles. The van der Waals surface area contributed by atoms with Gasteiger partial charge in [-0.25, -0.2) is 4.98 Å². The monoisotopic (exact) mass is 346 g/mol. The number of aromatic nitrogens is 5. The van der Waals surface area contributed by atoms with Crippen molar-refractivity contribution >= 4 is 22.4 Å². The Bertz CT molecular complexity index is 1070. The van der Waals surface area contributed by atoms with Gasteiger partial charge in [0.1, 0.15) is 11.5 Å². The molecule has 132 valence electrons. The van der Waals surface area contributed by atoms with Gasteiger partial charge in [-0.2, -0.15) is 5.10 Å². The molecule has 0 unspecified atom stereocenters. The summed E-state index contributed by atoms with van der Waals surface area (Å²) in [5.41, 5.74) is 5.01. The maximum atomic E-state index is 4.88. The summed E-state index contributed by atoms with van der Waals surface area (Å²) >= 11 is 0. The second kappa shape index (κ2) is 6.12. The molecule has 3 aromatic heterocycles. The molecule has 0 spiro atoms. The van der Waals surface area contributed by atoms with Crippen LogP contribution < -0.4 is 5.32 Å². The molecule has 2 N–H and O–H groups in total. The number of H-pyrrole nitrogens is 1. The van der Waals surface area contributed by atoms with Gasteiger partial charge in [-0.05, 0) is 31.9 Å². The smallest absolute Gasteiger partial charge is 0.157 e. The standard InChI is InChI=1S/C20H22N6/c1-13-16-11-14(7-8-17(16)25-24-13)19-20(22-15-5-3-2-4-6-15)26-10-9-21-12-18(26)23-19/h7-12,15,22H,2-6H2,1H3,(H,24,25). The normalized spacial score (nSPS) is 15.7. The molecule has 1 fully saturated rings. The van der Waals surface area contributed by atoms with E-state index >= 15 is 0 Å². The van der Waals surface area contributed by atoms with Gasteiger partial charge in [0.2, 0.25) is 0 Å². The third-order valence-corrected chi connectivity index (χ3v) is 5.39. The molecule has 0 aliphatic heterocycles. The van der Waals surface area contributed by atoms with Crippen LogP contribution in [-0.2, 0) is 0 Å². The lowest BCUT2D eigenvalue weighted by Crippen LogP contribution is -2.23. The van der Waals surface area contributed by atoms with Crippen molar-refractivity contribution in [3.63, 3.8) is 0 Å². The van der Waals surface area contributed by atoms with Crippen molar-refractivity contribution in [3.05, 3.63) is 42.5 Å². The number of aromatic amines is 1. The van der Waals surface area contributed by atoms with E-state index in [4.69, 9.17) is 4.98 Å². The molecule has 26 heavy (non-hydrogen) atoms. The summed E-state index contributed by atoms with van der Waals surface area (Å²) in [4.78, 5) is 9.11. The molecular weight excluding hydrogens is 324 g/mol. The lowest BCUT2D eigenvalue weighted by atomic mass is 9.95. The molecule has 0 saturated heterocycles. The SMILES string of the molecule is Cc1[nH]nc2ccc(-c3nc4cnccn4c3NC3CCCCC3)cc12. The highest BCUT2D eigenvalue weighted by Gasteiger charge is 2.20. The van der Waals surface area contributed by atoms with Crippen LogP contribution in [-0.4, -0.2) is 30.6 Å². The first-order valence-electron chi connectivity index (χ1n) is 9.33. The Kier molecular flexibility index (Phi) is 3.62. The summed E-state index contributed by atoms with van der Waals surface area (Å²) in [6.45, 7) is 2.05. The van der Waals surface area contributed by atoms with Crippen LogP contribution in [0.3, 0.4) is 0 Å². The van der Waals surface area contributed by atoms with Crippen LogP contribution in [0.4, 0.5) is 5.82 Å². The van der Waals surface area contributed by atoms with Crippen LogP contribution in [0.5, 0.6) is 0 Å². The number of imidazole rings is 1. The number of hydrogen-bond donors (Lipinski definition) is 2. The number of anilines is 1. The molecule has 4 aromatic rings. The molecule has 0 amide bonds. The molecule has 5 rings (SSSR count). The molecule has 6 nitrogen and oxygen atoms in total. The summed E-state index contributed by atoms with van der Waals surface area (Å²) < 4.78 is 2.11. The third-order valence-electron chi connectivity index (χ3n) is 5.39. The molecular formula is C20H22N6. The topological polar surface area (TPSA) is 70.9 Å². The first kappa shape index (κ1) is 15.4. The Morgan fingerprint density at radius 1 is 1.19 bits per heavy atom. The number of aryl methyl sites for hydroxylation is 1. The predicted octanol–water partition coefficient (Wildman–Crippen LogP) is 4.33. The Hall–Kier alpha value is -2.89. The second-order valence-corrected chi connectivity index (χ2v) is 7.17. The average Bonchev–Trinajstić information content (AvgIpc) is 3.24. The van der Waals surface area contributed by atoms with E-state index in [-0.39, 0.29) is 0 Å². The van der Waals surface area contributed by atoms with Gasteiger partial charge in [-0.15, -0.1) is 0 Å². The molecule has 0 atom stereocenters. The van der Waals surface area contributed by atoms with Gasteiger partial charge in [0.05, 0.1) is 11.7 Å². The lowest BCUT2D eigenvalue weighted by molar-refractivity contribution is 0.461. The highest BCUT2D eigenvalue weighted by atomic mass is 15.2. The lowest BCUT2D eigenvalue weighted by Gasteiger charge is -2.24. The van der Waals surface area contributed by atoms with Gasteiger partial charge in [0.15, 0.2) is 5.65 Å². The molecule has 6 heteroatoms. The minimum atomic E-state index is 0.509. The predicted molar refractivity (Wildman–Crippen MR) is 103 cm³/mol.